The maximum absolute atomic E-state index is 10.3. The quantitative estimate of drug-likeness (QED) is 0.542. The van der Waals surface area contributed by atoms with Crippen LogP contribution in [0.1, 0.15) is 6.42 Å². The van der Waals surface area contributed by atoms with E-state index in [1.807, 2.05) is 0 Å². The van der Waals surface area contributed by atoms with Crippen LogP contribution in [0.5, 0.6) is 0 Å². The summed E-state index contributed by atoms with van der Waals surface area (Å²) < 4.78 is 29.0. The summed E-state index contributed by atoms with van der Waals surface area (Å²) in [6, 6.07) is 0. The van der Waals surface area contributed by atoms with E-state index in [-0.39, 0.29) is 5.75 Å². The van der Waals surface area contributed by atoms with Crippen molar-refractivity contribution in [1.29, 1.82) is 0 Å². The van der Waals surface area contributed by atoms with Crippen molar-refractivity contribution in [3.63, 3.8) is 0 Å². The molecule has 0 atom stereocenters. The van der Waals surface area contributed by atoms with Crippen LogP contribution in [0.3, 0.4) is 0 Å². The van der Waals surface area contributed by atoms with Crippen molar-refractivity contribution in [2.45, 2.75) is 6.42 Å². The first kappa shape index (κ1) is 11.3. The molecule has 0 amide bonds. The van der Waals surface area contributed by atoms with Crippen LogP contribution in [-0.2, 0) is 10.1 Å². The van der Waals surface area contributed by atoms with Crippen LogP contribution in [-0.4, -0.2) is 44.9 Å². The first-order valence-electron chi connectivity index (χ1n) is 3.66. The van der Waals surface area contributed by atoms with Crippen molar-refractivity contribution in [1.82, 2.24) is 0 Å². The fourth-order valence-corrected chi connectivity index (χ4v) is 2.79. The van der Waals surface area contributed by atoms with Crippen molar-refractivity contribution < 1.29 is 13.0 Å². The van der Waals surface area contributed by atoms with Crippen molar-refractivity contribution in [2.24, 2.45) is 0 Å². The summed E-state index contributed by atoms with van der Waals surface area (Å²) in [5.41, 5.74) is 0. The molecular weight excluding hydrogens is 183 g/mol. The molecule has 0 aromatic heterocycles. The molecule has 0 aromatic rings. The van der Waals surface area contributed by atoms with Gasteiger partial charge in [0.25, 0.3) is 0 Å². The van der Waals surface area contributed by atoms with Gasteiger partial charge >= 0.3 is 68.7 Å². The van der Waals surface area contributed by atoms with Gasteiger partial charge in [0, 0.05) is 0 Å². The molecule has 0 aliphatic rings. The molecule has 70 valence electrons. The van der Waals surface area contributed by atoms with Gasteiger partial charge in [-0.1, -0.05) is 0 Å². The molecule has 0 aromatic carbocycles. The Hall–Kier alpha value is 0.340. The Balaban J connectivity index is 3.61. The van der Waals surface area contributed by atoms with Crippen LogP contribution in [0.25, 0.3) is 0 Å². The first-order valence-corrected chi connectivity index (χ1v) is 8.97. The second-order valence-corrected chi connectivity index (χ2v) is 11.1. The first-order chi connectivity index (χ1) is 4.71. The van der Waals surface area contributed by atoms with Crippen molar-refractivity contribution in [2.75, 3.05) is 31.9 Å². The molecule has 0 saturated heterocycles. The van der Waals surface area contributed by atoms with Crippen LogP contribution < -0.4 is 0 Å². The van der Waals surface area contributed by atoms with Crippen LogP contribution in [0.15, 0.2) is 0 Å². The van der Waals surface area contributed by atoms with Gasteiger partial charge in [0.1, 0.15) is 0 Å². The van der Waals surface area contributed by atoms with Gasteiger partial charge in [-0.15, -0.1) is 0 Å². The molecule has 5 heteroatoms. The Labute approximate surface area is 69.3 Å². The Morgan fingerprint density at radius 3 is 2.00 bits per heavy atom. The second kappa shape index (κ2) is 3.83. The minimum absolute atomic E-state index is 0.0860. The van der Waals surface area contributed by atoms with Crippen LogP contribution in [0.2, 0.25) is 0 Å². The summed E-state index contributed by atoms with van der Waals surface area (Å²) in [4.78, 5) is 0. The minimum atomic E-state index is -3.72. The molecule has 0 aliphatic carbocycles. The maximum atomic E-state index is 10.3. The summed E-state index contributed by atoms with van der Waals surface area (Å²) in [5.74, 6) is -0.0860. The number of hydrogen-bond donors (Lipinski definition) is 1. The predicted molar refractivity (Wildman–Crippen MR) is 52.0 cm³/mol. The van der Waals surface area contributed by atoms with E-state index in [2.05, 4.69) is 20.0 Å². The third-order valence-electron chi connectivity index (χ3n) is 1.33. The van der Waals surface area contributed by atoms with E-state index in [1.165, 1.54) is 0 Å². The molecule has 0 spiro atoms. The number of rotatable bonds is 4. The molecule has 0 bridgehead atoms. The van der Waals surface area contributed by atoms with Gasteiger partial charge in [-0.25, -0.2) is 0 Å². The van der Waals surface area contributed by atoms with E-state index in [1.54, 1.807) is 0 Å². The molecule has 0 radical (unpaired) electrons. The van der Waals surface area contributed by atoms with Gasteiger partial charge in [0.2, 0.25) is 0 Å². The zero-order valence-electron chi connectivity index (χ0n) is 7.29. The summed E-state index contributed by atoms with van der Waals surface area (Å²) in [5, 5.41) is 0. The topological polar surface area (TPSA) is 54.4 Å². The predicted octanol–water partition coefficient (Wildman–Crippen LogP) is 0.904. The van der Waals surface area contributed by atoms with Gasteiger partial charge < -0.3 is 0 Å². The molecule has 0 fully saturated rings. The summed E-state index contributed by atoms with van der Waals surface area (Å²) >= 11 is 0. The van der Waals surface area contributed by atoms with Gasteiger partial charge in [-0.05, 0) is 0 Å². The van der Waals surface area contributed by atoms with Gasteiger partial charge in [-0.3, -0.25) is 0 Å². The van der Waals surface area contributed by atoms with E-state index < -0.39 is 17.4 Å². The fraction of sp³-hybridized carbons (Fsp3) is 1.00. The van der Waals surface area contributed by atoms with Gasteiger partial charge in [0.05, 0.1) is 0 Å². The van der Waals surface area contributed by atoms with E-state index in [4.69, 9.17) is 4.55 Å². The Bertz CT molecular complexity index is 202. The third kappa shape index (κ3) is 10.3. The van der Waals surface area contributed by atoms with E-state index in [0.29, 0.717) is 6.42 Å². The Morgan fingerprint density at radius 2 is 1.73 bits per heavy atom. The summed E-state index contributed by atoms with van der Waals surface area (Å²) in [6.45, 7) is 6.53. The van der Waals surface area contributed by atoms with Crippen molar-refractivity contribution in [3.8, 4) is 0 Å². The molecule has 0 rings (SSSR count). The zero-order valence-corrected chi connectivity index (χ0v) is 9.11. The molecule has 0 saturated carbocycles. The molecular formula is C6H17O3PS. The Kier molecular flexibility index (Phi) is 3.95. The average molecular weight is 200 g/mol. The third-order valence-corrected chi connectivity index (χ3v) is 3.99. The van der Waals surface area contributed by atoms with Crippen molar-refractivity contribution in [3.05, 3.63) is 0 Å². The van der Waals surface area contributed by atoms with Crippen LogP contribution in [0.4, 0.5) is 0 Å². The van der Waals surface area contributed by atoms with Crippen LogP contribution >= 0.6 is 7.26 Å². The van der Waals surface area contributed by atoms with E-state index in [9.17, 15) is 8.42 Å². The normalized spacial score (nSPS) is 14.9. The van der Waals surface area contributed by atoms with E-state index in [0.717, 1.165) is 6.16 Å². The van der Waals surface area contributed by atoms with Crippen LogP contribution in [0, 0.1) is 0 Å². The van der Waals surface area contributed by atoms with Crippen molar-refractivity contribution >= 4 is 17.4 Å². The van der Waals surface area contributed by atoms with Gasteiger partial charge in [-0.2, -0.15) is 0 Å². The number of hydrogen-bond acceptors (Lipinski definition) is 2. The Morgan fingerprint density at radius 1 is 1.27 bits per heavy atom. The SMILES string of the molecule is C[PH](C)(C)CCCS(=O)(=O)O. The fourth-order valence-electron chi connectivity index (χ4n) is 0.785. The molecule has 11 heavy (non-hydrogen) atoms. The van der Waals surface area contributed by atoms with Gasteiger partial charge in [0.15, 0.2) is 0 Å². The molecule has 1 N–H and O–H groups in total. The average Bonchev–Trinajstić information content (AvgIpc) is 1.55. The molecule has 0 unspecified atom stereocenters. The molecule has 0 aliphatic heterocycles. The summed E-state index contributed by atoms with van der Waals surface area (Å²) in [6.07, 6.45) is 1.54. The monoisotopic (exact) mass is 200 g/mol. The molecule has 3 nitrogen and oxygen atoms in total. The zero-order chi connectivity index (χ0) is 9.12. The molecule has 0 heterocycles. The summed E-state index contributed by atoms with van der Waals surface area (Å²) in [7, 11) is -4.86. The standard InChI is InChI=1S/C6H17O3PS/c1-10(2,3)5-4-6-11(7,8)9/h10H,4-6H2,1-3H3,(H,7,8,9). The second-order valence-electron chi connectivity index (χ2n) is 3.95. The van der Waals surface area contributed by atoms with E-state index >= 15 is 0 Å².